The Balaban J connectivity index is 1.34. The maximum absolute atomic E-state index is 12.6. The number of amides is 1. The summed E-state index contributed by atoms with van der Waals surface area (Å²) in [6, 6.07) is 9.64. The molecule has 4 rings (SSSR count). The highest BCUT2D eigenvalue weighted by molar-refractivity contribution is 7.16. The van der Waals surface area contributed by atoms with Gasteiger partial charge in [-0.05, 0) is 43.4 Å². The zero-order valence-electron chi connectivity index (χ0n) is 15.8. The Kier molecular flexibility index (Phi) is 5.51. The van der Waals surface area contributed by atoms with Crippen LogP contribution in [0.3, 0.4) is 0 Å². The maximum Gasteiger partial charge on any atom is 0.239 e. The largest absolute Gasteiger partial charge is 0.506 e. The normalized spacial score (nSPS) is 17.0. The van der Waals surface area contributed by atoms with E-state index in [1.165, 1.54) is 4.88 Å². The lowest BCUT2D eigenvalue weighted by Crippen LogP contribution is -2.48. The number of piperazine rings is 1. The van der Waals surface area contributed by atoms with E-state index in [-0.39, 0.29) is 5.91 Å². The zero-order valence-corrected chi connectivity index (χ0v) is 16.6. The van der Waals surface area contributed by atoms with E-state index in [2.05, 4.69) is 21.2 Å². The molecule has 0 bridgehead atoms. The van der Waals surface area contributed by atoms with Crippen LogP contribution in [0.1, 0.15) is 28.8 Å². The first-order chi connectivity index (χ1) is 13.7. The Morgan fingerprint density at radius 3 is 2.68 bits per heavy atom. The molecule has 0 saturated carbocycles. The van der Waals surface area contributed by atoms with Crippen molar-refractivity contribution in [2.24, 2.45) is 0 Å². The first-order valence-corrected chi connectivity index (χ1v) is 10.6. The van der Waals surface area contributed by atoms with E-state index in [4.69, 9.17) is 0 Å². The summed E-state index contributed by atoms with van der Waals surface area (Å²) in [7, 11) is 0. The van der Waals surface area contributed by atoms with Crippen molar-refractivity contribution in [1.29, 1.82) is 5.26 Å². The van der Waals surface area contributed by atoms with E-state index in [0.717, 1.165) is 63.1 Å². The molecule has 2 heterocycles. The molecule has 0 unspecified atom stereocenters. The van der Waals surface area contributed by atoms with Gasteiger partial charge in [0.25, 0.3) is 0 Å². The summed E-state index contributed by atoms with van der Waals surface area (Å²) in [5, 5.41) is 23.2. The molecule has 2 aromatic rings. The third-order valence-electron chi connectivity index (χ3n) is 5.50. The molecule has 1 aliphatic heterocycles. The molecule has 6 nitrogen and oxygen atoms in total. The van der Waals surface area contributed by atoms with Crippen LogP contribution < -0.4 is 10.2 Å². The van der Waals surface area contributed by atoms with Crippen molar-refractivity contribution < 1.29 is 9.90 Å². The van der Waals surface area contributed by atoms with Crippen LogP contribution in [-0.2, 0) is 17.6 Å². The Hall–Kier alpha value is -2.56. The molecule has 1 fully saturated rings. The van der Waals surface area contributed by atoms with Crippen LogP contribution in [0.2, 0.25) is 0 Å². The molecule has 28 heavy (non-hydrogen) atoms. The molecule has 2 aliphatic rings. The highest BCUT2D eigenvalue weighted by atomic mass is 32.1. The second kappa shape index (κ2) is 8.21. The van der Waals surface area contributed by atoms with Gasteiger partial charge in [0.1, 0.15) is 16.8 Å². The van der Waals surface area contributed by atoms with Crippen LogP contribution in [0, 0.1) is 11.3 Å². The number of phenolic OH excluding ortho intramolecular Hbond substituents is 1. The lowest BCUT2D eigenvalue weighted by molar-refractivity contribution is -0.117. The van der Waals surface area contributed by atoms with Crippen LogP contribution in [-0.4, -0.2) is 48.6 Å². The third kappa shape index (κ3) is 3.84. The molecule has 1 aromatic carbocycles. The quantitative estimate of drug-likeness (QED) is 0.831. The number of nitrogens with zero attached hydrogens (tertiary/aromatic N) is 3. The lowest BCUT2D eigenvalue weighted by Gasteiger charge is -2.35. The monoisotopic (exact) mass is 396 g/mol. The Morgan fingerprint density at radius 2 is 1.93 bits per heavy atom. The van der Waals surface area contributed by atoms with Gasteiger partial charge < -0.3 is 15.3 Å². The number of phenols is 1. The van der Waals surface area contributed by atoms with Crippen molar-refractivity contribution in [3.8, 4) is 11.8 Å². The molecular formula is C21H24N4O2S. The van der Waals surface area contributed by atoms with Gasteiger partial charge in [0.05, 0.1) is 17.8 Å². The number of anilines is 2. The number of aromatic hydroxyl groups is 1. The number of nitrogens with one attached hydrogen (secondary N) is 1. The fourth-order valence-corrected chi connectivity index (χ4v) is 5.28. The number of carbonyl (C=O) groups excluding carboxylic acids is 1. The van der Waals surface area contributed by atoms with E-state index >= 15 is 0 Å². The first kappa shape index (κ1) is 18.8. The second-order valence-corrected chi connectivity index (χ2v) is 8.43. The summed E-state index contributed by atoms with van der Waals surface area (Å²) >= 11 is 1.57. The Bertz CT molecular complexity index is 910. The van der Waals surface area contributed by atoms with Gasteiger partial charge in [-0.25, -0.2) is 0 Å². The van der Waals surface area contributed by atoms with Gasteiger partial charge in [0.2, 0.25) is 5.91 Å². The first-order valence-electron chi connectivity index (χ1n) is 9.75. The summed E-state index contributed by atoms with van der Waals surface area (Å²) in [5.74, 6) is 0.227. The fourth-order valence-electron chi connectivity index (χ4n) is 4.02. The molecule has 1 aliphatic carbocycles. The predicted molar refractivity (Wildman–Crippen MR) is 111 cm³/mol. The van der Waals surface area contributed by atoms with Gasteiger partial charge in [-0.1, -0.05) is 12.1 Å². The van der Waals surface area contributed by atoms with Gasteiger partial charge in [0, 0.05) is 31.1 Å². The van der Waals surface area contributed by atoms with E-state index in [0.29, 0.717) is 22.9 Å². The van der Waals surface area contributed by atoms with E-state index < -0.39 is 0 Å². The molecule has 0 atom stereocenters. The number of rotatable bonds is 4. The van der Waals surface area contributed by atoms with Crippen molar-refractivity contribution in [1.82, 2.24) is 4.90 Å². The molecular weight excluding hydrogens is 372 g/mol. The topological polar surface area (TPSA) is 79.6 Å². The number of fused-ring (bicyclic) bond motifs is 1. The molecule has 1 aromatic heterocycles. The highest BCUT2D eigenvalue weighted by Gasteiger charge is 2.24. The number of benzene rings is 1. The highest BCUT2D eigenvalue weighted by Crippen LogP contribution is 2.37. The minimum Gasteiger partial charge on any atom is -0.506 e. The molecule has 2 N–H and O–H groups in total. The number of hydrogen-bond acceptors (Lipinski definition) is 6. The van der Waals surface area contributed by atoms with Crippen molar-refractivity contribution in [3.63, 3.8) is 0 Å². The molecule has 1 saturated heterocycles. The van der Waals surface area contributed by atoms with Crippen molar-refractivity contribution in [3.05, 3.63) is 40.3 Å². The molecule has 146 valence electrons. The summed E-state index contributed by atoms with van der Waals surface area (Å²) in [6.07, 6.45) is 4.23. The minimum atomic E-state index is -0.0638. The number of para-hydroxylation sites is 2. The Labute approximate surface area is 169 Å². The van der Waals surface area contributed by atoms with Crippen LogP contribution in [0.25, 0.3) is 0 Å². The third-order valence-corrected chi connectivity index (χ3v) is 6.71. The summed E-state index contributed by atoms with van der Waals surface area (Å²) in [6.45, 7) is 3.37. The number of aryl methyl sites for hydroxylation is 1. The average Bonchev–Trinajstić information content (AvgIpc) is 3.06. The van der Waals surface area contributed by atoms with E-state index in [9.17, 15) is 15.2 Å². The maximum atomic E-state index is 12.6. The van der Waals surface area contributed by atoms with E-state index in [1.54, 1.807) is 17.4 Å². The van der Waals surface area contributed by atoms with Gasteiger partial charge in [-0.2, -0.15) is 5.26 Å². The van der Waals surface area contributed by atoms with Crippen LogP contribution in [0.15, 0.2) is 24.3 Å². The van der Waals surface area contributed by atoms with Gasteiger partial charge in [-0.3, -0.25) is 9.69 Å². The van der Waals surface area contributed by atoms with Crippen LogP contribution >= 0.6 is 11.3 Å². The van der Waals surface area contributed by atoms with Gasteiger partial charge >= 0.3 is 0 Å². The SMILES string of the molecule is N#Cc1c(NC(=O)CN2CCN(c3ccccc3O)CC2)sc2c1CCCC2. The summed E-state index contributed by atoms with van der Waals surface area (Å²) in [4.78, 5) is 18.1. The molecule has 7 heteroatoms. The minimum absolute atomic E-state index is 0.0638. The van der Waals surface area contributed by atoms with Crippen LogP contribution in [0.5, 0.6) is 5.75 Å². The summed E-state index contributed by atoms with van der Waals surface area (Å²) < 4.78 is 0. The van der Waals surface area contributed by atoms with Gasteiger partial charge in [0.15, 0.2) is 0 Å². The van der Waals surface area contributed by atoms with E-state index in [1.807, 2.05) is 18.2 Å². The van der Waals surface area contributed by atoms with Crippen LogP contribution in [0.4, 0.5) is 10.7 Å². The van der Waals surface area contributed by atoms with Crippen molar-refractivity contribution in [2.75, 3.05) is 42.9 Å². The van der Waals surface area contributed by atoms with Crippen molar-refractivity contribution in [2.45, 2.75) is 25.7 Å². The number of nitriles is 1. The van der Waals surface area contributed by atoms with Crippen molar-refractivity contribution >= 4 is 27.9 Å². The number of carbonyl (C=O) groups is 1. The fraction of sp³-hybridized carbons (Fsp3) is 0.429. The molecule has 0 spiro atoms. The smallest absolute Gasteiger partial charge is 0.239 e. The summed E-state index contributed by atoms with van der Waals surface area (Å²) in [5.41, 5.74) is 2.65. The number of thiophene rings is 1. The lowest BCUT2D eigenvalue weighted by atomic mass is 9.96. The average molecular weight is 397 g/mol. The second-order valence-electron chi connectivity index (χ2n) is 7.33. The molecule has 0 radical (unpaired) electrons. The number of hydrogen-bond donors (Lipinski definition) is 2. The standard InChI is InChI=1S/C21H24N4O2S/c22-13-16-15-5-1-4-8-19(15)28-21(16)23-20(27)14-24-9-11-25(12-10-24)17-6-2-3-7-18(17)26/h2-3,6-7,26H,1,4-5,8-12,14H2,(H,23,27). The molecule has 1 amide bonds. The van der Waals surface area contributed by atoms with Gasteiger partial charge in [-0.15, -0.1) is 11.3 Å². The predicted octanol–water partition coefficient (Wildman–Crippen LogP) is 2.96. The zero-order chi connectivity index (χ0) is 19.5. The Morgan fingerprint density at radius 1 is 1.18 bits per heavy atom.